The molecule has 0 spiro atoms. The molecule has 3 atom stereocenters. The molecule has 6 nitrogen and oxygen atoms in total. The third-order valence-corrected chi connectivity index (χ3v) is 7.03. The molecule has 0 bridgehead atoms. The molecule has 34 heavy (non-hydrogen) atoms. The molecule has 184 valence electrons. The van der Waals surface area contributed by atoms with E-state index in [2.05, 4.69) is 10.3 Å². The summed E-state index contributed by atoms with van der Waals surface area (Å²) in [5.74, 6) is -1.05. The van der Waals surface area contributed by atoms with Gasteiger partial charge in [-0.25, -0.2) is 9.93 Å². The van der Waals surface area contributed by atoms with Crippen molar-refractivity contribution < 1.29 is 26.9 Å². The number of halogens is 3. The van der Waals surface area contributed by atoms with E-state index in [0.29, 0.717) is 30.0 Å². The van der Waals surface area contributed by atoms with E-state index in [0.717, 1.165) is 19.4 Å². The van der Waals surface area contributed by atoms with Crippen LogP contribution in [0.25, 0.3) is 0 Å². The normalized spacial score (nSPS) is 21.0. The molecule has 2 aromatic rings. The first kappa shape index (κ1) is 26.0. The number of pyridine rings is 1. The van der Waals surface area contributed by atoms with E-state index < -0.39 is 29.0 Å². The zero-order valence-electron chi connectivity index (χ0n) is 19.6. The average Bonchev–Trinajstić information content (AvgIpc) is 3.46. The van der Waals surface area contributed by atoms with Crippen LogP contribution < -0.4 is 10.5 Å². The van der Waals surface area contributed by atoms with Gasteiger partial charge in [0.05, 0.1) is 28.4 Å². The highest BCUT2D eigenvalue weighted by Crippen LogP contribution is 2.54. The third kappa shape index (κ3) is 4.93. The van der Waals surface area contributed by atoms with Crippen molar-refractivity contribution in [2.24, 2.45) is 11.1 Å². The van der Waals surface area contributed by atoms with Crippen molar-refractivity contribution in [2.75, 3.05) is 0 Å². The topological polar surface area (TPSA) is 94.3 Å². The van der Waals surface area contributed by atoms with Crippen molar-refractivity contribution in [3.63, 3.8) is 0 Å². The van der Waals surface area contributed by atoms with Gasteiger partial charge in [0.25, 0.3) is 0 Å². The first-order valence-corrected chi connectivity index (χ1v) is 11.6. The summed E-state index contributed by atoms with van der Waals surface area (Å²) >= 11 is 0.459. The van der Waals surface area contributed by atoms with Crippen molar-refractivity contribution in [3.05, 3.63) is 64.5 Å². The molecular weight excluding hydrogens is 467 g/mol. The Kier molecular flexibility index (Phi) is 7.06. The average molecular weight is 496 g/mol. The van der Waals surface area contributed by atoms with Crippen molar-refractivity contribution >= 4 is 24.1 Å². The lowest BCUT2D eigenvalue weighted by Gasteiger charge is -2.28. The molecule has 1 heterocycles. The van der Waals surface area contributed by atoms with Gasteiger partial charge in [0.2, 0.25) is 5.91 Å². The van der Waals surface area contributed by atoms with Crippen molar-refractivity contribution in [1.29, 1.82) is 0 Å². The molecule has 3 N–H and O–H groups in total. The van der Waals surface area contributed by atoms with Gasteiger partial charge in [-0.1, -0.05) is 31.2 Å². The lowest BCUT2D eigenvalue weighted by Crippen LogP contribution is -2.36. The Morgan fingerprint density at radius 3 is 2.35 bits per heavy atom. The summed E-state index contributed by atoms with van der Waals surface area (Å²) in [6, 6.07) is 9.16. The highest BCUT2D eigenvalue weighted by atomic mass is 32.2. The molecule has 1 aromatic carbocycles. The quantitative estimate of drug-likeness (QED) is 0.412. The van der Waals surface area contributed by atoms with Crippen LogP contribution in [0.2, 0.25) is 0 Å². The molecule has 1 fully saturated rings. The molecule has 1 aromatic heterocycles. The predicted molar refractivity (Wildman–Crippen MR) is 124 cm³/mol. The van der Waals surface area contributed by atoms with Crippen LogP contribution in [-0.4, -0.2) is 23.0 Å². The second-order valence-electron chi connectivity index (χ2n) is 9.44. The van der Waals surface area contributed by atoms with Gasteiger partial charge >= 0.3 is 12.1 Å². The van der Waals surface area contributed by atoms with Crippen molar-refractivity contribution in [1.82, 2.24) is 10.3 Å². The highest BCUT2D eigenvalue weighted by Gasteiger charge is 2.56. The summed E-state index contributed by atoms with van der Waals surface area (Å²) in [7, 11) is 0. The highest BCUT2D eigenvalue weighted by molar-refractivity contribution is 7.92. The Morgan fingerprint density at radius 1 is 1.21 bits per heavy atom. The molecule has 1 aliphatic carbocycles. The van der Waals surface area contributed by atoms with E-state index >= 15 is 0 Å². The summed E-state index contributed by atoms with van der Waals surface area (Å²) in [6.45, 7) is 7.70. The first-order valence-electron chi connectivity index (χ1n) is 10.8. The third-order valence-electron chi connectivity index (χ3n) is 6.78. The molecule has 1 amide bonds. The number of alkyl halides is 3. The summed E-state index contributed by atoms with van der Waals surface area (Å²) in [6.07, 6.45) is -3.76. The number of rotatable bonds is 7. The Hall–Kier alpha value is -2.59. The number of carbonyl (C=O) groups excluding carboxylic acids is 2. The SMILES string of the molecule is Cc1nc([C@@H](C)NC(=O)[C@@H]2C[C@@]2(C)c2ccc(C(C)(C)C(F)(F)F)cc2)ccc1C(=O)OSN. The molecule has 10 heteroatoms. The van der Waals surface area contributed by atoms with Crippen LogP contribution in [0.3, 0.4) is 0 Å². The molecule has 1 saturated carbocycles. The summed E-state index contributed by atoms with van der Waals surface area (Å²) in [4.78, 5) is 29.2. The second kappa shape index (κ2) is 9.22. The van der Waals surface area contributed by atoms with Crippen LogP contribution in [0.4, 0.5) is 13.2 Å². The van der Waals surface area contributed by atoms with E-state index in [1.165, 1.54) is 12.1 Å². The minimum atomic E-state index is -4.36. The van der Waals surface area contributed by atoms with Gasteiger partial charge in [0.1, 0.15) is 12.2 Å². The number of nitrogens with two attached hydrogens (primary N) is 1. The van der Waals surface area contributed by atoms with Crippen molar-refractivity contribution in [3.8, 4) is 0 Å². The van der Waals surface area contributed by atoms with Crippen LogP contribution in [0.1, 0.15) is 73.0 Å². The monoisotopic (exact) mass is 495 g/mol. The van der Waals surface area contributed by atoms with Gasteiger partial charge in [-0.3, -0.25) is 9.78 Å². The Balaban J connectivity index is 1.67. The number of benzene rings is 1. The lowest BCUT2D eigenvalue weighted by atomic mass is 9.82. The zero-order chi connectivity index (χ0) is 25.5. The van der Waals surface area contributed by atoms with Gasteiger partial charge < -0.3 is 9.50 Å². The number of aromatic nitrogens is 1. The maximum absolute atomic E-state index is 13.3. The molecule has 1 aliphatic rings. The number of carbonyl (C=O) groups is 2. The Bertz CT molecular complexity index is 1090. The molecule has 3 rings (SSSR count). The smallest absolute Gasteiger partial charge is 0.371 e. The maximum Gasteiger partial charge on any atom is 0.397 e. The number of aryl methyl sites for hydroxylation is 1. The predicted octanol–water partition coefficient (Wildman–Crippen LogP) is 5.06. The van der Waals surface area contributed by atoms with Gasteiger partial charge in [0, 0.05) is 11.3 Å². The fourth-order valence-corrected chi connectivity index (χ4v) is 4.19. The number of nitrogens with zero attached hydrogens (tertiary/aromatic N) is 1. The summed E-state index contributed by atoms with van der Waals surface area (Å²) in [5, 5.41) is 8.10. The second-order valence-corrected chi connectivity index (χ2v) is 9.80. The molecule has 0 unspecified atom stereocenters. The van der Waals surface area contributed by atoms with E-state index in [4.69, 9.17) is 9.32 Å². The molecule has 0 saturated heterocycles. The van der Waals surface area contributed by atoms with E-state index in [-0.39, 0.29) is 23.0 Å². The fourth-order valence-electron chi connectivity index (χ4n) is 4.01. The lowest BCUT2D eigenvalue weighted by molar-refractivity contribution is -0.180. The summed E-state index contributed by atoms with van der Waals surface area (Å²) in [5.41, 5.74) is -0.0606. The Morgan fingerprint density at radius 2 is 1.82 bits per heavy atom. The molecule has 0 radical (unpaired) electrons. The summed E-state index contributed by atoms with van der Waals surface area (Å²) < 4.78 is 44.7. The van der Waals surface area contributed by atoms with Gasteiger partial charge in [-0.15, -0.1) is 0 Å². The van der Waals surface area contributed by atoms with E-state index in [9.17, 15) is 22.8 Å². The van der Waals surface area contributed by atoms with Crippen molar-refractivity contribution in [2.45, 2.75) is 64.1 Å². The number of amides is 1. The Labute approximate surface area is 201 Å². The van der Waals surface area contributed by atoms with Gasteiger partial charge in [-0.05, 0) is 57.4 Å². The molecule has 0 aliphatic heterocycles. The number of hydrogen-bond acceptors (Lipinski definition) is 6. The van der Waals surface area contributed by atoms with Crippen LogP contribution in [-0.2, 0) is 19.8 Å². The number of nitrogens with one attached hydrogen (secondary N) is 1. The first-order chi connectivity index (χ1) is 15.7. The minimum Gasteiger partial charge on any atom is -0.371 e. The standard InChI is InChI=1S/C24H28F3N3O3S/c1-13-17(21(32)33-34-28)10-11-19(29-13)14(2)30-20(31)18-12-23(18,5)16-8-6-15(7-9-16)22(3,4)24(25,26)27/h6-11,14,18H,12,28H2,1-5H3,(H,30,31)/t14-,18+,23+/m1/s1. The van der Waals surface area contributed by atoms with E-state index in [1.807, 2.05) is 6.92 Å². The largest absolute Gasteiger partial charge is 0.397 e. The van der Waals surface area contributed by atoms with Crippen LogP contribution in [0.15, 0.2) is 36.4 Å². The number of hydrogen-bond donors (Lipinski definition) is 2. The molecular formula is C24H28F3N3O3S. The van der Waals surface area contributed by atoms with Crippen LogP contribution in [0.5, 0.6) is 0 Å². The fraction of sp³-hybridized carbons (Fsp3) is 0.458. The van der Waals surface area contributed by atoms with Crippen LogP contribution >= 0.6 is 12.2 Å². The van der Waals surface area contributed by atoms with E-state index in [1.54, 1.807) is 38.1 Å². The van der Waals surface area contributed by atoms with Gasteiger partial charge in [-0.2, -0.15) is 13.2 Å². The van der Waals surface area contributed by atoms with Gasteiger partial charge in [0.15, 0.2) is 0 Å². The zero-order valence-corrected chi connectivity index (χ0v) is 20.4. The maximum atomic E-state index is 13.3. The van der Waals surface area contributed by atoms with Crippen LogP contribution in [0, 0.1) is 12.8 Å². The minimum absolute atomic E-state index is 0.155.